The van der Waals surface area contributed by atoms with Gasteiger partial charge in [-0.25, -0.2) is 13.1 Å². The average molecular weight is 443 g/mol. The number of carbonyl (C=O) groups is 1. The smallest absolute Gasteiger partial charge is 0.255 e. The molecule has 0 aromatic heterocycles. The lowest BCUT2D eigenvalue weighted by Crippen LogP contribution is -2.30. The largest absolute Gasteiger partial charge is 0.495 e. The van der Waals surface area contributed by atoms with Crippen molar-refractivity contribution in [3.05, 3.63) is 40.9 Å². The Balaban J connectivity index is 2.44. The van der Waals surface area contributed by atoms with Crippen LogP contribution in [0, 0.1) is 0 Å². The lowest BCUT2D eigenvalue weighted by atomic mass is 10.2. The first-order valence-corrected chi connectivity index (χ1v) is 10.4. The summed E-state index contributed by atoms with van der Waals surface area (Å²) >= 11 is 6.07. The highest BCUT2D eigenvalue weighted by atomic mass is 35.5. The maximum Gasteiger partial charge on any atom is 0.255 e. The normalized spacial score (nSPS) is 11.3. The Morgan fingerprint density at radius 3 is 2.14 bits per heavy atom. The minimum atomic E-state index is -3.88. The zero-order valence-electron chi connectivity index (χ0n) is 16.7. The fourth-order valence-corrected chi connectivity index (χ4v) is 4.23. The summed E-state index contributed by atoms with van der Waals surface area (Å²) in [6, 6.07) is 6.82. The van der Waals surface area contributed by atoms with E-state index in [-0.39, 0.29) is 22.3 Å². The van der Waals surface area contributed by atoms with E-state index in [0.29, 0.717) is 22.2 Å². The van der Waals surface area contributed by atoms with Crippen LogP contribution in [-0.2, 0) is 10.0 Å². The highest BCUT2D eigenvalue weighted by Crippen LogP contribution is 2.36. The zero-order chi connectivity index (χ0) is 21.8. The molecule has 2 aromatic carbocycles. The molecule has 0 spiro atoms. The van der Waals surface area contributed by atoms with Gasteiger partial charge in [-0.15, -0.1) is 0 Å². The predicted molar refractivity (Wildman–Crippen MR) is 111 cm³/mol. The van der Waals surface area contributed by atoms with Crippen molar-refractivity contribution in [1.82, 2.24) is 4.72 Å². The highest BCUT2D eigenvalue weighted by Gasteiger charge is 2.23. The molecule has 1 amide bonds. The van der Waals surface area contributed by atoms with Crippen molar-refractivity contribution in [2.45, 2.75) is 24.8 Å². The number of hydrogen-bond donors (Lipinski definition) is 2. The molecule has 0 unspecified atom stereocenters. The second-order valence-corrected chi connectivity index (χ2v) is 8.37. The second kappa shape index (κ2) is 9.34. The Labute approximate surface area is 175 Å². The van der Waals surface area contributed by atoms with Gasteiger partial charge in [0.05, 0.1) is 32.0 Å². The topological polar surface area (TPSA) is 103 Å². The van der Waals surface area contributed by atoms with E-state index < -0.39 is 15.9 Å². The Bertz CT molecular complexity index is 1010. The number of halogens is 1. The van der Waals surface area contributed by atoms with E-state index in [2.05, 4.69) is 10.0 Å². The molecule has 0 saturated heterocycles. The fourth-order valence-electron chi connectivity index (χ4n) is 2.55. The third kappa shape index (κ3) is 5.31. The number of anilines is 1. The van der Waals surface area contributed by atoms with Crippen molar-refractivity contribution in [2.24, 2.45) is 0 Å². The lowest BCUT2D eigenvalue weighted by Gasteiger charge is -2.15. The van der Waals surface area contributed by atoms with E-state index in [9.17, 15) is 13.2 Å². The van der Waals surface area contributed by atoms with Gasteiger partial charge < -0.3 is 19.5 Å². The van der Waals surface area contributed by atoms with Crippen molar-refractivity contribution in [1.29, 1.82) is 0 Å². The third-order valence-corrected chi connectivity index (χ3v) is 5.80. The van der Waals surface area contributed by atoms with Gasteiger partial charge in [-0.3, -0.25) is 4.79 Å². The molecule has 0 saturated carbocycles. The molecule has 2 N–H and O–H groups in total. The van der Waals surface area contributed by atoms with Crippen LogP contribution in [0.1, 0.15) is 24.2 Å². The van der Waals surface area contributed by atoms with E-state index >= 15 is 0 Å². The van der Waals surface area contributed by atoms with Crippen LogP contribution in [0.2, 0.25) is 5.02 Å². The summed E-state index contributed by atoms with van der Waals surface area (Å²) in [7, 11) is 0.358. The van der Waals surface area contributed by atoms with Crippen LogP contribution in [0.3, 0.4) is 0 Å². The van der Waals surface area contributed by atoms with Crippen LogP contribution in [0.4, 0.5) is 5.69 Å². The zero-order valence-corrected chi connectivity index (χ0v) is 18.3. The van der Waals surface area contributed by atoms with Crippen LogP contribution in [-0.4, -0.2) is 41.7 Å². The molecule has 2 aromatic rings. The molecule has 8 nitrogen and oxygen atoms in total. The minimum Gasteiger partial charge on any atom is -0.495 e. The molecule has 2 rings (SSSR count). The Morgan fingerprint density at radius 1 is 0.966 bits per heavy atom. The number of hydrogen-bond acceptors (Lipinski definition) is 6. The number of carbonyl (C=O) groups excluding carboxylic acids is 1. The molecule has 0 fully saturated rings. The van der Waals surface area contributed by atoms with E-state index in [1.54, 1.807) is 13.8 Å². The van der Waals surface area contributed by atoms with Gasteiger partial charge in [0.1, 0.15) is 22.1 Å². The molecule has 0 bridgehead atoms. The summed E-state index contributed by atoms with van der Waals surface area (Å²) < 4.78 is 43.2. The van der Waals surface area contributed by atoms with Crippen molar-refractivity contribution in [2.75, 3.05) is 26.6 Å². The molecule has 0 radical (unpaired) electrons. The summed E-state index contributed by atoms with van der Waals surface area (Å²) in [5.41, 5.74) is 0.435. The van der Waals surface area contributed by atoms with E-state index in [1.165, 1.54) is 51.7 Å². The number of amides is 1. The third-order valence-electron chi connectivity index (χ3n) is 3.83. The van der Waals surface area contributed by atoms with Gasteiger partial charge in [0.15, 0.2) is 0 Å². The summed E-state index contributed by atoms with van der Waals surface area (Å²) in [5, 5.41) is 3.00. The van der Waals surface area contributed by atoms with Crippen molar-refractivity contribution in [3.63, 3.8) is 0 Å². The van der Waals surface area contributed by atoms with Gasteiger partial charge in [-0.05, 0) is 32.0 Å². The Hall–Kier alpha value is -2.49. The number of sulfonamides is 1. The molecule has 0 heterocycles. The van der Waals surface area contributed by atoms with Crippen LogP contribution in [0.15, 0.2) is 35.2 Å². The predicted octanol–water partition coefficient (Wildman–Crippen LogP) is 3.30. The van der Waals surface area contributed by atoms with Gasteiger partial charge in [0, 0.05) is 23.7 Å². The number of rotatable bonds is 8. The van der Waals surface area contributed by atoms with Gasteiger partial charge in [0.25, 0.3) is 5.91 Å². The highest BCUT2D eigenvalue weighted by molar-refractivity contribution is 7.89. The first-order valence-electron chi connectivity index (χ1n) is 8.56. The molecular formula is C19H23ClN2O6S. The number of ether oxygens (including phenoxy) is 3. The van der Waals surface area contributed by atoms with Gasteiger partial charge in [0.2, 0.25) is 10.0 Å². The fraction of sp³-hybridized carbons (Fsp3) is 0.316. The SMILES string of the molecule is COc1cc(NC(=O)c2ccc(OC)c(S(=O)(=O)NC(C)C)c2)c(OC)cc1Cl. The quantitative estimate of drug-likeness (QED) is 0.650. The van der Waals surface area contributed by atoms with Gasteiger partial charge in [-0.2, -0.15) is 0 Å². The summed E-state index contributed by atoms with van der Waals surface area (Å²) in [6.45, 7) is 3.39. The van der Waals surface area contributed by atoms with Gasteiger partial charge in [-0.1, -0.05) is 11.6 Å². The lowest BCUT2D eigenvalue weighted by molar-refractivity contribution is 0.102. The Kier molecular flexibility index (Phi) is 7.34. The van der Waals surface area contributed by atoms with Crippen molar-refractivity contribution < 1.29 is 27.4 Å². The van der Waals surface area contributed by atoms with Crippen molar-refractivity contribution in [3.8, 4) is 17.2 Å². The minimum absolute atomic E-state index is 0.117. The summed E-state index contributed by atoms with van der Waals surface area (Å²) in [6.07, 6.45) is 0. The molecule has 0 aliphatic heterocycles. The summed E-state index contributed by atoms with van der Waals surface area (Å²) in [5.74, 6) is 0.255. The van der Waals surface area contributed by atoms with Gasteiger partial charge >= 0.3 is 0 Å². The first kappa shape index (κ1) is 22.8. The van der Waals surface area contributed by atoms with Crippen LogP contribution in [0.25, 0.3) is 0 Å². The average Bonchev–Trinajstić information content (AvgIpc) is 2.67. The maximum absolute atomic E-state index is 12.8. The van der Waals surface area contributed by atoms with E-state index in [1.807, 2.05) is 0 Å². The summed E-state index contributed by atoms with van der Waals surface area (Å²) in [4.78, 5) is 12.6. The number of nitrogens with one attached hydrogen (secondary N) is 2. The van der Waals surface area contributed by atoms with E-state index in [0.717, 1.165) is 0 Å². The number of methoxy groups -OCH3 is 3. The van der Waals surface area contributed by atoms with Crippen LogP contribution < -0.4 is 24.2 Å². The molecular weight excluding hydrogens is 420 g/mol. The maximum atomic E-state index is 12.8. The Morgan fingerprint density at radius 2 is 1.59 bits per heavy atom. The molecule has 0 aliphatic carbocycles. The standard InChI is InChI=1S/C19H23ClN2O6S/c1-11(2)22-29(24,25)18-8-12(6-7-15(18)26-3)19(23)21-14-10-16(27-4)13(20)9-17(14)28-5/h6-11,22H,1-5H3,(H,21,23). The number of benzene rings is 2. The first-order chi connectivity index (χ1) is 13.6. The van der Waals surface area contributed by atoms with Crippen LogP contribution in [0.5, 0.6) is 17.2 Å². The molecule has 0 aliphatic rings. The second-order valence-electron chi connectivity index (χ2n) is 6.28. The molecule has 158 valence electrons. The molecule has 29 heavy (non-hydrogen) atoms. The molecule has 10 heteroatoms. The van der Waals surface area contributed by atoms with Crippen molar-refractivity contribution >= 4 is 33.2 Å². The molecule has 0 atom stereocenters. The van der Waals surface area contributed by atoms with E-state index in [4.69, 9.17) is 25.8 Å². The van der Waals surface area contributed by atoms with Crippen LogP contribution >= 0.6 is 11.6 Å². The monoisotopic (exact) mass is 442 g/mol.